The maximum atomic E-state index is 12.0. The van der Waals surface area contributed by atoms with Crippen LogP contribution in [0, 0.1) is 0 Å². The number of nitrogens with zero attached hydrogens (tertiary/aromatic N) is 2. The molecule has 0 fully saturated rings. The van der Waals surface area contributed by atoms with Gasteiger partial charge in [-0.3, -0.25) is 14.6 Å². The molecular formula is C18H14BrClN4O2S. The summed E-state index contributed by atoms with van der Waals surface area (Å²) < 4.78 is 1.03. The van der Waals surface area contributed by atoms with Crippen molar-refractivity contribution < 1.29 is 9.59 Å². The highest BCUT2D eigenvalue weighted by Gasteiger charge is 2.11. The van der Waals surface area contributed by atoms with Crippen LogP contribution in [0.5, 0.6) is 0 Å². The number of pyridine rings is 1. The first kappa shape index (κ1) is 19.5. The number of hydrogen-bond acceptors (Lipinski definition) is 5. The van der Waals surface area contributed by atoms with Crippen molar-refractivity contribution in [2.45, 2.75) is 6.42 Å². The molecule has 0 spiro atoms. The number of hydrogen-bond donors (Lipinski definition) is 2. The lowest BCUT2D eigenvalue weighted by Crippen LogP contribution is -2.33. The molecule has 6 nitrogen and oxygen atoms in total. The molecular weight excluding hydrogens is 452 g/mol. The summed E-state index contributed by atoms with van der Waals surface area (Å²) >= 11 is 10.6. The van der Waals surface area contributed by atoms with E-state index in [1.165, 1.54) is 23.6 Å². The minimum Gasteiger partial charge on any atom is -0.342 e. The third-order valence-corrected chi connectivity index (χ3v) is 5.13. The van der Waals surface area contributed by atoms with Crippen LogP contribution in [0.1, 0.15) is 20.9 Å². The minimum atomic E-state index is -0.470. The van der Waals surface area contributed by atoms with Crippen LogP contribution < -0.4 is 10.6 Å². The van der Waals surface area contributed by atoms with E-state index in [0.29, 0.717) is 10.2 Å². The molecule has 0 aliphatic rings. The second kappa shape index (κ2) is 9.07. The number of nitrogens with one attached hydrogen (secondary N) is 2. The number of anilines is 1. The van der Waals surface area contributed by atoms with Crippen LogP contribution in [-0.2, 0) is 11.2 Å². The highest BCUT2D eigenvalue weighted by molar-refractivity contribution is 9.10. The standard InChI is InChI=1S/C18H14BrClN4O2S/c19-12-3-1-11(2-4-12)7-14-9-23-18(27-14)24-16(25)10-22-17(26)15-8-13(20)5-6-21-15/h1-6,8-9H,7,10H2,(H,22,26)(H,23,24,25). The number of rotatable bonds is 6. The summed E-state index contributed by atoms with van der Waals surface area (Å²) in [6.45, 7) is -0.186. The van der Waals surface area contributed by atoms with Gasteiger partial charge in [-0.25, -0.2) is 4.98 Å². The molecule has 0 saturated carbocycles. The molecule has 9 heteroatoms. The van der Waals surface area contributed by atoms with Crippen LogP contribution in [0.4, 0.5) is 5.13 Å². The van der Waals surface area contributed by atoms with Crippen molar-refractivity contribution in [3.8, 4) is 0 Å². The molecule has 0 aliphatic carbocycles. The average molecular weight is 466 g/mol. The Kier molecular flexibility index (Phi) is 6.54. The van der Waals surface area contributed by atoms with Gasteiger partial charge < -0.3 is 10.6 Å². The van der Waals surface area contributed by atoms with Crippen molar-refractivity contribution in [1.29, 1.82) is 0 Å². The molecule has 0 unspecified atom stereocenters. The number of amides is 2. The molecule has 138 valence electrons. The number of benzene rings is 1. The summed E-state index contributed by atoms with van der Waals surface area (Å²) in [5.41, 5.74) is 1.31. The minimum absolute atomic E-state index is 0.154. The summed E-state index contributed by atoms with van der Waals surface area (Å²) in [4.78, 5) is 33.1. The Morgan fingerprint density at radius 1 is 1.15 bits per heavy atom. The maximum Gasteiger partial charge on any atom is 0.270 e. The second-order valence-electron chi connectivity index (χ2n) is 5.53. The second-order valence-corrected chi connectivity index (χ2v) is 7.99. The van der Waals surface area contributed by atoms with E-state index >= 15 is 0 Å². The van der Waals surface area contributed by atoms with E-state index in [9.17, 15) is 9.59 Å². The molecule has 2 heterocycles. The van der Waals surface area contributed by atoms with Crippen LogP contribution in [0.15, 0.2) is 53.3 Å². The Bertz CT molecular complexity index is 962. The summed E-state index contributed by atoms with van der Waals surface area (Å²) in [7, 11) is 0. The molecule has 0 bridgehead atoms. The molecule has 3 aromatic rings. The van der Waals surface area contributed by atoms with E-state index in [-0.39, 0.29) is 18.1 Å². The van der Waals surface area contributed by atoms with E-state index in [1.54, 1.807) is 12.3 Å². The van der Waals surface area contributed by atoms with E-state index in [0.717, 1.165) is 21.3 Å². The number of aromatic nitrogens is 2. The van der Waals surface area contributed by atoms with Gasteiger partial charge in [-0.2, -0.15) is 0 Å². The highest BCUT2D eigenvalue weighted by atomic mass is 79.9. The first-order chi connectivity index (χ1) is 13.0. The molecule has 1 aromatic carbocycles. The maximum absolute atomic E-state index is 12.0. The van der Waals surface area contributed by atoms with Gasteiger partial charge in [-0.15, -0.1) is 11.3 Å². The van der Waals surface area contributed by atoms with Gasteiger partial charge in [-0.1, -0.05) is 39.7 Å². The van der Waals surface area contributed by atoms with Crippen molar-refractivity contribution in [2.75, 3.05) is 11.9 Å². The molecule has 3 rings (SSSR count). The normalized spacial score (nSPS) is 10.4. The average Bonchev–Trinajstić information content (AvgIpc) is 3.08. The zero-order chi connectivity index (χ0) is 19.2. The van der Waals surface area contributed by atoms with Crippen molar-refractivity contribution in [3.05, 3.63) is 74.4 Å². The quantitative estimate of drug-likeness (QED) is 0.578. The lowest BCUT2D eigenvalue weighted by Gasteiger charge is -2.04. The fraction of sp³-hybridized carbons (Fsp3) is 0.111. The zero-order valence-corrected chi connectivity index (χ0v) is 17.1. The van der Waals surface area contributed by atoms with E-state index in [4.69, 9.17) is 11.6 Å². The van der Waals surface area contributed by atoms with E-state index in [1.807, 2.05) is 24.3 Å². The van der Waals surface area contributed by atoms with E-state index in [2.05, 4.69) is 36.5 Å². The third kappa shape index (κ3) is 5.85. The number of carbonyl (C=O) groups is 2. The van der Waals surface area contributed by atoms with Gasteiger partial charge in [0.2, 0.25) is 5.91 Å². The van der Waals surface area contributed by atoms with Crippen molar-refractivity contribution in [2.24, 2.45) is 0 Å². The fourth-order valence-corrected chi connectivity index (χ4v) is 3.48. The van der Waals surface area contributed by atoms with E-state index < -0.39 is 5.91 Å². The van der Waals surface area contributed by atoms with Gasteiger partial charge in [0.05, 0.1) is 6.54 Å². The van der Waals surface area contributed by atoms with Crippen molar-refractivity contribution in [3.63, 3.8) is 0 Å². The molecule has 2 N–H and O–H groups in total. The zero-order valence-electron chi connectivity index (χ0n) is 13.9. The Balaban J connectivity index is 1.50. The molecule has 2 aromatic heterocycles. The summed E-state index contributed by atoms with van der Waals surface area (Å²) in [6.07, 6.45) is 3.90. The predicted molar refractivity (Wildman–Crippen MR) is 109 cm³/mol. The van der Waals surface area contributed by atoms with Gasteiger partial charge in [-0.05, 0) is 29.8 Å². The van der Waals surface area contributed by atoms with Gasteiger partial charge in [0.25, 0.3) is 5.91 Å². The topological polar surface area (TPSA) is 84.0 Å². The Morgan fingerprint density at radius 3 is 2.67 bits per heavy atom. The van der Waals surface area contributed by atoms with Crippen molar-refractivity contribution in [1.82, 2.24) is 15.3 Å². The highest BCUT2D eigenvalue weighted by Crippen LogP contribution is 2.22. The van der Waals surface area contributed by atoms with Gasteiger partial charge >= 0.3 is 0 Å². The monoisotopic (exact) mass is 464 g/mol. The van der Waals surface area contributed by atoms with Crippen LogP contribution in [-0.4, -0.2) is 28.3 Å². The van der Waals surface area contributed by atoms with Crippen LogP contribution >= 0.6 is 38.9 Å². The fourth-order valence-electron chi connectivity index (χ4n) is 2.19. The molecule has 2 amide bonds. The molecule has 0 atom stereocenters. The van der Waals surface area contributed by atoms with Crippen molar-refractivity contribution >= 4 is 55.8 Å². The lowest BCUT2D eigenvalue weighted by molar-refractivity contribution is -0.115. The summed E-state index contributed by atoms with van der Waals surface area (Å²) in [5.74, 6) is -0.836. The Labute approximate surface area is 173 Å². The Hall–Kier alpha value is -2.29. The number of halogens is 2. The lowest BCUT2D eigenvalue weighted by atomic mass is 10.1. The largest absolute Gasteiger partial charge is 0.342 e. The molecule has 27 heavy (non-hydrogen) atoms. The number of thiazole rings is 1. The Morgan fingerprint density at radius 2 is 1.93 bits per heavy atom. The van der Waals surface area contributed by atoms with Crippen LogP contribution in [0.3, 0.4) is 0 Å². The predicted octanol–water partition coefficient (Wildman–Crippen LogP) is 3.91. The van der Waals surface area contributed by atoms with Crippen LogP contribution in [0.25, 0.3) is 0 Å². The SMILES string of the molecule is O=C(CNC(=O)c1cc(Cl)ccn1)Nc1ncc(Cc2ccc(Br)cc2)s1. The molecule has 0 radical (unpaired) electrons. The molecule has 0 aliphatic heterocycles. The first-order valence-corrected chi connectivity index (χ1v) is 9.87. The summed E-state index contributed by atoms with van der Waals surface area (Å²) in [5, 5.41) is 6.07. The number of carbonyl (C=O) groups excluding carboxylic acids is 2. The van der Waals surface area contributed by atoms with Gasteiger partial charge in [0.15, 0.2) is 5.13 Å². The van der Waals surface area contributed by atoms with Crippen LogP contribution in [0.2, 0.25) is 5.02 Å². The smallest absolute Gasteiger partial charge is 0.270 e. The van der Waals surface area contributed by atoms with Gasteiger partial charge in [0.1, 0.15) is 5.69 Å². The van der Waals surface area contributed by atoms with Gasteiger partial charge in [0, 0.05) is 33.2 Å². The third-order valence-electron chi connectivity index (χ3n) is 3.46. The molecule has 0 saturated heterocycles. The summed E-state index contributed by atoms with van der Waals surface area (Å²) in [6, 6.07) is 11.0. The first-order valence-electron chi connectivity index (χ1n) is 7.88.